The molecule has 1 fully saturated rings. The quantitative estimate of drug-likeness (QED) is 0.671. The molecule has 0 aromatic rings. The summed E-state index contributed by atoms with van der Waals surface area (Å²) in [5.74, 6) is 1.16. The summed E-state index contributed by atoms with van der Waals surface area (Å²) < 4.78 is 0. The van der Waals surface area contributed by atoms with Gasteiger partial charge in [-0.05, 0) is 12.8 Å². The van der Waals surface area contributed by atoms with Crippen molar-refractivity contribution in [3.63, 3.8) is 0 Å². The van der Waals surface area contributed by atoms with Gasteiger partial charge in [-0.25, -0.2) is 0 Å². The molecule has 0 amide bonds. The number of rotatable bonds is 4. The van der Waals surface area contributed by atoms with Gasteiger partial charge in [-0.3, -0.25) is 4.79 Å². The molecule has 0 N–H and O–H groups in total. The maximum atomic E-state index is 11.0. The Morgan fingerprint density at radius 3 is 2.58 bits per heavy atom. The molecule has 0 aromatic heterocycles. The highest BCUT2D eigenvalue weighted by Crippen LogP contribution is 2.28. The number of ketones is 1. The zero-order valence-electron chi connectivity index (χ0n) is 7.84. The van der Waals surface area contributed by atoms with Crippen molar-refractivity contribution in [2.75, 3.05) is 5.75 Å². The fraction of sp³-hybridized carbons (Fsp3) is 0.900. The molecule has 0 saturated heterocycles. The van der Waals surface area contributed by atoms with Gasteiger partial charge in [-0.2, -0.15) is 11.8 Å². The molecule has 1 nitrogen and oxygen atoms in total. The zero-order valence-corrected chi connectivity index (χ0v) is 8.66. The van der Waals surface area contributed by atoms with Crippen LogP contribution >= 0.6 is 11.8 Å². The van der Waals surface area contributed by atoms with Crippen molar-refractivity contribution in [1.82, 2.24) is 0 Å². The first kappa shape index (κ1) is 10.1. The third-order valence-electron chi connectivity index (χ3n) is 2.43. The topological polar surface area (TPSA) is 17.1 Å². The largest absolute Gasteiger partial charge is 0.299 e. The molecule has 0 unspecified atom stereocenters. The molecule has 12 heavy (non-hydrogen) atoms. The van der Waals surface area contributed by atoms with E-state index in [4.69, 9.17) is 0 Å². The van der Waals surface area contributed by atoms with Gasteiger partial charge in [-0.15, -0.1) is 0 Å². The van der Waals surface area contributed by atoms with E-state index in [2.05, 4.69) is 0 Å². The maximum absolute atomic E-state index is 11.0. The lowest BCUT2D eigenvalue weighted by Gasteiger charge is -2.20. The molecule has 2 heteroatoms. The van der Waals surface area contributed by atoms with E-state index >= 15 is 0 Å². The minimum absolute atomic E-state index is 0.408. The molecule has 1 aliphatic carbocycles. The Balaban J connectivity index is 2.09. The molecule has 0 aliphatic heterocycles. The van der Waals surface area contributed by atoms with Crippen LogP contribution < -0.4 is 0 Å². The molecule has 0 radical (unpaired) electrons. The number of Topliss-reactive ketones (excluding diaryl/α,β-unsaturated/α-hetero) is 1. The molecular formula is C10H18OS. The normalized spacial score (nSPS) is 19.4. The van der Waals surface area contributed by atoms with E-state index in [0.29, 0.717) is 12.2 Å². The van der Waals surface area contributed by atoms with Gasteiger partial charge in [0.15, 0.2) is 0 Å². The summed E-state index contributed by atoms with van der Waals surface area (Å²) in [5, 5.41) is 0.786. The minimum Gasteiger partial charge on any atom is -0.299 e. The van der Waals surface area contributed by atoms with E-state index in [9.17, 15) is 4.79 Å². The van der Waals surface area contributed by atoms with Crippen LogP contribution in [0.1, 0.15) is 45.4 Å². The molecular weight excluding hydrogens is 168 g/mol. The second kappa shape index (κ2) is 5.63. The fourth-order valence-corrected chi connectivity index (χ4v) is 2.84. The third-order valence-corrected chi connectivity index (χ3v) is 3.86. The number of carbonyl (C=O) groups excluding carboxylic acids is 1. The van der Waals surface area contributed by atoms with Crippen LogP contribution in [0.15, 0.2) is 0 Å². The molecule has 70 valence electrons. The molecule has 0 bridgehead atoms. The average molecular weight is 186 g/mol. The molecule has 1 aliphatic rings. The van der Waals surface area contributed by atoms with Crippen LogP contribution in [0, 0.1) is 0 Å². The number of hydrogen-bond acceptors (Lipinski definition) is 2. The van der Waals surface area contributed by atoms with Crippen LogP contribution in [0.2, 0.25) is 0 Å². The van der Waals surface area contributed by atoms with Crippen LogP contribution in [-0.2, 0) is 4.79 Å². The minimum atomic E-state index is 0.408. The highest BCUT2D eigenvalue weighted by atomic mass is 32.2. The standard InChI is InChI=1S/C10H18OS/c1-2-9(11)8-12-10-6-4-3-5-7-10/h10H,2-8H2,1H3. The first-order chi connectivity index (χ1) is 5.83. The van der Waals surface area contributed by atoms with Gasteiger partial charge in [0.25, 0.3) is 0 Å². The van der Waals surface area contributed by atoms with Gasteiger partial charge in [-0.1, -0.05) is 26.2 Å². The highest BCUT2D eigenvalue weighted by Gasteiger charge is 2.14. The number of carbonyl (C=O) groups is 1. The van der Waals surface area contributed by atoms with E-state index in [1.54, 1.807) is 0 Å². The van der Waals surface area contributed by atoms with Crippen molar-refractivity contribution >= 4 is 17.5 Å². The highest BCUT2D eigenvalue weighted by molar-refractivity contribution is 8.00. The molecule has 0 aromatic carbocycles. The second-order valence-corrected chi connectivity index (χ2v) is 4.75. The summed E-state index contributed by atoms with van der Waals surface area (Å²) >= 11 is 1.88. The third kappa shape index (κ3) is 3.61. The SMILES string of the molecule is CCC(=O)CSC1CCCCC1. The molecule has 0 spiro atoms. The summed E-state index contributed by atoms with van der Waals surface area (Å²) in [4.78, 5) is 11.0. The Labute approximate surface area is 79.3 Å². The lowest BCUT2D eigenvalue weighted by atomic mass is 10.0. The van der Waals surface area contributed by atoms with E-state index in [1.165, 1.54) is 32.1 Å². The van der Waals surface area contributed by atoms with Crippen molar-refractivity contribution in [1.29, 1.82) is 0 Å². The molecule has 0 atom stereocenters. The molecule has 1 saturated carbocycles. The Morgan fingerprint density at radius 2 is 2.00 bits per heavy atom. The van der Waals surface area contributed by atoms with E-state index < -0.39 is 0 Å². The molecule has 0 heterocycles. The van der Waals surface area contributed by atoms with E-state index in [1.807, 2.05) is 18.7 Å². The Morgan fingerprint density at radius 1 is 1.33 bits per heavy atom. The van der Waals surface area contributed by atoms with Gasteiger partial charge in [0.05, 0.1) is 5.75 Å². The first-order valence-corrected chi connectivity index (χ1v) is 6.01. The summed E-state index contributed by atoms with van der Waals surface area (Å²) in [7, 11) is 0. The maximum Gasteiger partial charge on any atom is 0.142 e. The van der Waals surface area contributed by atoms with Crippen molar-refractivity contribution < 1.29 is 4.79 Å². The van der Waals surface area contributed by atoms with Gasteiger partial charge < -0.3 is 0 Å². The van der Waals surface area contributed by atoms with Crippen molar-refractivity contribution in [3.05, 3.63) is 0 Å². The fourth-order valence-electron chi connectivity index (χ4n) is 1.54. The monoisotopic (exact) mass is 186 g/mol. The Kier molecular flexibility index (Phi) is 4.74. The van der Waals surface area contributed by atoms with Crippen LogP contribution in [0.25, 0.3) is 0 Å². The van der Waals surface area contributed by atoms with Gasteiger partial charge in [0, 0.05) is 11.7 Å². The summed E-state index contributed by atoms with van der Waals surface area (Å²) in [6, 6.07) is 0. The zero-order chi connectivity index (χ0) is 8.81. The smallest absolute Gasteiger partial charge is 0.142 e. The Hall–Kier alpha value is 0.0200. The van der Waals surface area contributed by atoms with Crippen LogP contribution in [0.5, 0.6) is 0 Å². The number of hydrogen-bond donors (Lipinski definition) is 0. The predicted molar refractivity (Wildman–Crippen MR) is 54.6 cm³/mol. The van der Waals surface area contributed by atoms with Crippen molar-refractivity contribution in [3.8, 4) is 0 Å². The summed E-state index contributed by atoms with van der Waals surface area (Å²) in [6.45, 7) is 1.95. The summed E-state index contributed by atoms with van der Waals surface area (Å²) in [5.41, 5.74) is 0. The summed E-state index contributed by atoms with van der Waals surface area (Å²) in [6.07, 6.45) is 7.53. The van der Waals surface area contributed by atoms with Crippen molar-refractivity contribution in [2.45, 2.75) is 50.7 Å². The predicted octanol–water partition coefficient (Wildman–Crippen LogP) is 3.03. The van der Waals surface area contributed by atoms with Crippen molar-refractivity contribution in [2.24, 2.45) is 0 Å². The van der Waals surface area contributed by atoms with Gasteiger partial charge in [0.1, 0.15) is 5.78 Å². The van der Waals surface area contributed by atoms with Crippen LogP contribution in [0.3, 0.4) is 0 Å². The molecule has 1 rings (SSSR count). The van der Waals surface area contributed by atoms with E-state index in [0.717, 1.165) is 11.0 Å². The first-order valence-electron chi connectivity index (χ1n) is 4.96. The van der Waals surface area contributed by atoms with Gasteiger partial charge >= 0.3 is 0 Å². The van der Waals surface area contributed by atoms with E-state index in [-0.39, 0.29) is 0 Å². The average Bonchev–Trinajstić information content (AvgIpc) is 2.16. The van der Waals surface area contributed by atoms with Crippen LogP contribution in [0.4, 0.5) is 0 Å². The lowest BCUT2D eigenvalue weighted by Crippen LogP contribution is -2.11. The number of thioether (sulfide) groups is 1. The van der Waals surface area contributed by atoms with Crippen LogP contribution in [-0.4, -0.2) is 16.8 Å². The lowest BCUT2D eigenvalue weighted by molar-refractivity contribution is -0.116. The second-order valence-electron chi connectivity index (χ2n) is 3.46. The Bertz CT molecular complexity index is 139. The van der Waals surface area contributed by atoms with Gasteiger partial charge in [0.2, 0.25) is 0 Å².